The van der Waals surface area contributed by atoms with Crippen molar-refractivity contribution in [3.8, 4) is 11.1 Å². The lowest BCUT2D eigenvalue weighted by Crippen LogP contribution is -2.13. The predicted molar refractivity (Wildman–Crippen MR) is 114 cm³/mol. The molecule has 0 aliphatic rings. The van der Waals surface area contributed by atoms with E-state index in [-0.39, 0.29) is 12.6 Å². The van der Waals surface area contributed by atoms with Gasteiger partial charge in [-0.1, -0.05) is 24.6 Å². The minimum Gasteiger partial charge on any atom is -0.394 e. The number of benzene rings is 1. The summed E-state index contributed by atoms with van der Waals surface area (Å²) in [4.78, 5) is 4.95. The molecule has 4 aromatic rings. The van der Waals surface area contributed by atoms with Crippen molar-refractivity contribution in [3.63, 3.8) is 0 Å². The van der Waals surface area contributed by atoms with E-state index in [9.17, 15) is 5.11 Å². The first kappa shape index (κ1) is 18.7. The van der Waals surface area contributed by atoms with Crippen molar-refractivity contribution in [2.45, 2.75) is 54.0 Å². The first-order valence-corrected chi connectivity index (χ1v) is 9.92. The molecule has 0 aliphatic carbocycles. The molecule has 1 N–H and O–H groups in total. The zero-order valence-electron chi connectivity index (χ0n) is 17.5. The smallest absolute Gasteiger partial charge is 0.165 e. The molecule has 3 heterocycles. The van der Waals surface area contributed by atoms with E-state index in [1.165, 1.54) is 22.3 Å². The molecule has 0 saturated carbocycles. The molecular formula is C23H28N4O. The molecule has 146 valence electrons. The topological polar surface area (TPSA) is 55.3 Å². The zero-order valence-corrected chi connectivity index (χ0v) is 17.5. The standard InChI is InChI=1S/C23H28N4O/c1-7-18(12-28)26-9-8-19-16(5)24-22-21(17(6)25-27(22)23(19)26)20-14(3)10-13(2)11-15(20)4/h8-11,18,28H,7,12H2,1-6H3. The molecule has 0 fully saturated rings. The number of hydrogen-bond donors (Lipinski definition) is 1. The van der Waals surface area contributed by atoms with Gasteiger partial charge in [0.1, 0.15) is 5.65 Å². The Bertz CT molecular complexity index is 1170. The lowest BCUT2D eigenvalue weighted by atomic mass is 9.94. The molecular weight excluding hydrogens is 348 g/mol. The van der Waals surface area contributed by atoms with Gasteiger partial charge in [-0.05, 0) is 63.8 Å². The van der Waals surface area contributed by atoms with E-state index >= 15 is 0 Å². The van der Waals surface area contributed by atoms with Crippen LogP contribution in [0.1, 0.15) is 47.5 Å². The van der Waals surface area contributed by atoms with E-state index in [1.807, 2.05) is 17.6 Å². The average molecular weight is 377 g/mol. The van der Waals surface area contributed by atoms with Crippen LogP contribution in [0.2, 0.25) is 0 Å². The van der Waals surface area contributed by atoms with Gasteiger partial charge in [0.15, 0.2) is 5.65 Å². The number of hydrogen-bond acceptors (Lipinski definition) is 3. The fourth-order valence-electron chi connectivity index (χ4n) is 4.51. The van der Waals surface area contributed by atoms with Crippen molar-refractivity contribution < 1.29 is 5.11 Å². The van der Waals surface area contributed by atoms with Gasteiger partial charge in [0.05, 0.1) is 29.6 Å². The van der Waals surface area contributed by atoms with Crippen molar-refractivity contribution in [2.75, 3.05) is 6.61 Å². The number of fused-ring (bicyclic) bond motifs is 3. The molecule has 3 aromatic heterocycles. The van der Waals surface area contributed by atoms with E-state index < -0.39 is 0 Å². The summed E-state index contributed by atoms with van der Waals surface area (Å²) in [6.07, 6.45) is 2.90. The van der Waals surface area contributed by atoms with Gasteiger partial charge in [0.25, 0.3) is 0 Å². The van der Waals surface area contributed by atoms with Crippen LogP contribution in [0.25, 0.3) is 27.8 Å². The third kappa shape index (κ3) is 2.65. The lowest BCUT2D eigenvalue weighted by molar-refractivity contribution is 0.227. The van der Waals surface area contributed by atoms with Gasteiger partial charge in [-0.25, -0.2) is 4.98 Å². The molecule has 1 atom stereocenters. The Morgan fingerprint density at radius 3 is 2.29 bits per heavy atom. The van der Waals surface area contributed by atoms with E-state index in [2.05, 4.69) is 57.4 Å². The van der Waals surface area contributed by atoms with Gasteiger partial charge < -0.3 is 9.67 Å². The SMILES string of the molecule is CCC(CO)n1ccc2c(C)nc3c(-c4c(C)cc(C)cc4C)c(C)nn3c21. The van der Waals surface area contributed by atoms with Crippen LogP contribution in [0.5, 0.6) is 0 Å². The quantitative estimate of drug-likeness (QED) is 0.555. The van der Waals surface area contributed by atoms with Crippen LogP contribution < -0.4 is 0 Å². The minimum absolute atomic E-state index is 0.0262. The summed E-state index contributed by atoms with van der Waals surface area (Å²) in [6, 6.07) is 6.55. The molecule has 0 amide bonds. The van der Waals surface area contributed by atoms with Crippen molar-refractivity contribution in [1.29, 1.82) is 0 Å². The molecule has 0 bridgehead atoms. The van der Waals surface area contributed by atoms with Crippen LogP contribution in [-0.2, 0) is 0 Å². The first-order valence-electron chi connectivity index (χ1n) is 9.92. The summed E-state index contributed by atoms with van der Waals surface area (Å²) in [5, 5.41) is 15.8. The second-order valence-corrected chi connectivity index (χ2v) is 7.87. The summed E-state index contributed by atoms with van der Waals surface area (Å²) < 4.78 is 4.10. The fourth-order valence-corrected chi connectivity index (χ4v) is 4.51. The zero-order chi connectivity index (χ0) is 20.2. The Kier molecular flexibility index (Phi) is 4.50. The Hall–Kier alpha value is -2.66. The second kappa shape index (κ2) is 6.74. The van der Waals surface area contributed by atoms with Crippen LogP contribution in [0.3, 0.4) is 0 Å². The Morgan fingerprint density at radius 1 is 1.00 bits per heavy atom. The summed E-state index contributed by atoms with van der Waals surface area (Å²) in [5.41, 5.74) is 9.91. The molecule has 28 heavy (non-hydrogen) atoms. The maximum absolute atomic E-state index is 9.87. The van der Waals surface area contributed by atoms with E-state index in [0.29, 0.717) is 0 Å². The molecule has 5 heteroatoms. The maximum atomic E-state index is 9.87. The normalized spacial score (nSPS) is 13.0. The Morgan fingerprint density at radius 2 is 1.68 bits per heavy atom. The molecule has 0 radical (unpaired) electrons. The number of aryl methyl sites for hydroxylation is 5. The Balaban J connectivity index is 2.12. The largest absolute Gasteiger partial charge is 0.394 e. The third-order valence-electron chi connectivity index (χ3n) is 5.79. The van der Waals surface area contributed by atoms with E-state index in [4.69, 9.17) is 10.1 Å². The van der Waals surface area contributed by atoms with Crippen molar-refractivity contribution in [1.82, 2.24) is 19.2 Å². The molecule has 1 aromatic carbocycles. The lowest BCUT2D eigenvalue weighted by Gasteiger charge is -2.16. The first-order chi connectivity index (χ1) is 13.4. The van der Waals surface area contributed by atoms with Crippen molar-refractivity contribution >= 4 is 16.7 Å². The number of aromatic nitrogens is 4. The molecule has 5 nitrogen and oxygen atoms in total. The van der Waals surface area contributed by atoms with Gasteiger partial charge in [-0.3, -0.25) is 0 Å². The maximum Gasteiger partial charge on any atom is 0.165 e. The van der Waals surface area contributed by atoms with Gasteiger partial charge in [0, 0.05) is 11.6 Å². The summed E-state index contributed by atoms with van der Waals surface area (Å²) >= 11 is 0. The Labute approximate surface area is 165 Å². The molecule has 1 unspecified atom stereocenters. The van der Waals surface area contributed by atoms with Crippen LogP contribution in [0.4, 0.5) is 0 Å². The van der Waals surface area contributed by atoms with Gasteiger partial charge in [-0.2, -0.15) is 9.61 Å². The monoisotopic (exact) mass is 376 g/mol. The van der Waals surface area contributed by atoms with Crippen molar-refractivity contribution in [2.24, 2.45) is 0 Å². The predicted octanol–water partition coefficient (Wildman–Crippen LogP) is 4.84. The molecule has 0 aliphatic heterocycles. The van der Waals surface area contributed by atoms with Gasteiger partial charge in [-0.15, -0.1) is 0 Å². The molecule has 0 spiro atoms. The number of rotatable bonds is 4. The van der Waals surface area contributed by atoms with Crippen LogP contribution >= 0.6 is 0 Å². The van der Waals surface area contributed by atoms with Crippen molar-refractivity contribution in [3.05, 3.63) is 52.5 Å². The summed E-state index contributed by atoms with van der Waals surface area (Å²) in [7, 11) is 0. The number of nitrogens with zero attached hydrogens (tertiary/aromatic N) is 4. The highest BCUT2D eigenvalue weighted by atomic mass is 16.3. The highest BCUT2D eigenvalue weighted by molar-refractivity contribution is 5.89. The second-order valence-electron chi connectivity index (χ2n) is 7.87. The van der Waals surface area contributed by atoms with E-state index in [1.54, 1.807) is 0 Å². The fraction of sp³-hybridized carbons (Fsp3) is 0.391. The molecule has 0 saturated heterocycles. The number of aliphatic hydroxyl groups excluding tert-OH is 1. The molecule has 4 rings (SSSR count). The van der Waals surface area contributed by atoms with Gasteiger partial charge >= 0.3 is 0 Å². The highest BCUT2D eigenvalue weighted by Crippen LogP contribution is 2.35. The number of aliphatic hydroxyl groups is 1. The van der Waals surface area contributed by atoms with Crippen LogP contribution in [0.15, 0.2) is 24.4 Å². The summed E-state index contributed by atoms with van der Waals surface area (Å²) in [5.74, 6) is 0. The van der Waals surface area contributed by atoms with E-state index in [0.717, 1.165) is 40.1 Å². The summed E-state index contributed by atoms with van der Waals surface area (Å²) in [6.45, 7) is 12.7. The minimum atomic E-state index is 0.0262. The van der Waals surface area contributed by atoms with Gasteiger partial charge in [0.2, 0.25) is 0 Å². The average Bonchev–Trinajstić information content (AvgIpc) is 3.19. The third-order valence-corrected chi connectivity index (χ3v) is 5.79. The van der Waals surface area contributed by atoms with Crippen LogP contribution in [-0.4, -0.2) is 30.9 Å². The van der Waals surface area contributed by atoms with Crippen LogP contribution in [0, 0.1) is 34.6 Å². The highest BCUT2D eigenvalue weighted by Gasteiger charge is 2.22.